The van der Waals surface area contributed by atoms with Gasteiger partial charge in [-0.25, -0.2) is 4.98 Å². The van der Waals surface area contributed by atoms with Gasteiger partial charge >= 0.3 is 5.97 Å². The quantitative estimate of drug-likeness (QED) is 0.884. The maximum absolute atomic E-state index is 11.4. The number of aromatic nitrogens is 2. The molecule has 1 aromatic carbocycles. The minimum Gasteiger partial charge on any atom is -0.481 e. The van der Waals surface area contributed by atoms with E-state index >= 15 is 0 Å². The first kappa shape index (κ1) is 13.6. The van der Waals surface area contributed by atoms with Crippen molar-refractivity contribution in [1.82, 2.24) is 9.97 Å². The van der Waals surface area contributed by atoms with Gasteiger partial charge in [0.05, 0.1) is 17.0 Å². The zero-order valence-corrected chi connectivity index (χ0v) is 11.8. The van der Waals surface area contributed by atoms with Crippen LogP contribution in [0.2, 0.25) is 0 Å². The number of H-pyrrole nitrogens is 1. The topological polar surface area (TPSA) is 66.0 Å². The summed E-state index contributed by atoms with van der Waals surface area (Å²) in [6.45, 7) is 8.00. The molecular weight excluding hydrogens is 240 g/mol. The number of carboxylic acid groups (broad SMARTS) is 1. The third-order valence-corrected chi connectivity index (χ3v) is 3.36. The van der Waals surface area contributed by atoms with Crippen LogP contribution in [0.3, 0.4) is 0 Å². The summed E-state index contributed by atoms with van der Waals surface area (Å²) in [5.41, 5.74) is 2.63. The first-order chi connectivity index (χ1) is 8.90. The Morgan fingerprint density at radius 1 is 1.26 bits per heavy atom. The Morgan fingerprint density at radius 2 is 1.95 bits per heavy atom. The summed E-state index contributed by atoms with van der Waals surface area (Å²) in [5.74, 6) is 0.0652. The Kier molecular flexibility index (Phi) is 3.60. The minimum atomic E-state index is -0.780. The van der Waals surface area contributed by atoms with E-state index in [0.717, 1.165) is 22.4 Å². The third-order valence-electron chi connectivity index (χ3n) is 3.36. The highest BCUT2D eigenvalue weighted by Gasteiger charge is 2.24. The number of benzene rings is 1. The van der Waals surface area contributed by atoms with Gasteiger partial charge in [0.15, 0.2) is 0 Å². The molecule has 4 nitrogen and oxygen atoms in total. The van der Waals surface area contributed by atoms with Crippen LogP contribution in [0.15, 0.2) is 18.2 Å². The molecule has 1 unspecified atom stereocenters. The standard InChI is InChI=1S/C15H20N2O2/c1-8(2)13(15(18)19)10-5-6-11-12(7-10)17-14(16-11)9(3)4/h5-9,13H,1-4H3,(H,16,17)(H,18,19). The molecule has 0 saturated heterocycles. The summed E-state index contributed by atoms with van der Waals surface area (Å²) in [4.78, 5) is 19.1. The predicted molar refractivity (Wildman–Crippen MR) is 75.4 cm³/mol. The van der Waals surface area contributed by atoms with Crippen LogP contribution in [0.4, 0.5) is 0 Å². The second kappa shape index (κ2) is 5.03. The zero-order chi connectivity index (χ0) is 14.2. The molecule has 0 aliphatic heterocycles. The number of rotatable bonds is 4. The largest absolute Gasteiger partial charge is 0.481 e. The lowest BCUT2D eigenvalue weighted by molar-refractivity contribution is -0.139. The van der Waals surface area contributed by atoms with Crippen LogP contribution in [-0.2, 0) is 4.79 Å². The summed E-state index contributed by atoms with van der Waals surface area (Å²) < 4.78 is 0. The van der Waals surface area contributed by atoms with E-state index < -0.39 is 11.9 Å². The van der Waals surface area contributed by atoms with Crippen molar-refractivity contribution in [3.63, 3.8) is 0 Å². The summed E-state index contributed by atoms with van der Waals surface area (Å²) in [6.07, 6.45) is 0. The molecule has 0 radical (unpaired) electrons. The van der Waals surface area contributed by atoms with Crippen molar-refractivity contribution in [2.75, 3.05) is 0 Å². The number of fused-ring (bicyclic) bond motifs is 1. The number of carboxylic acids is 1. The molecule has 1 atom stereocenters. The second-order valence-corrected chi connectivity index (χ2v) is 5.61. The van der Waals surface area contributed by atoms with Crippen molar-refractivity contribution in [3.8, 4) is 0 Å². The average molecular weight is 260 g/mol. The van der Waals surface area contributed by atoms with E-state index in [1.807, 2.05) is 32.0 Å². The van der Waals surface area contributed by atoms with Crippen LogP contribution in [0.25, 0.3) is 11.0 Å². The normalized spacial score (nSPS) is 13.4. The second-order valence-electron chi connectivity index (χ2n) is 5.61. The van der Waals surface area contributed by atoms with E-state index in [2.05, 4.69) is 23.8 Å². The first-order valence-corrected chi connectivity index (χ1v) is 6.62. The van der Waals surface area contributed by atoms with Crippen molar-refractivity contribution in [3.05, 3.63) is 29.6 Å². The van der Waals surface area contributed by atoms with E-state index in [1.54, 1.807) is 0 Å². The lowest BCUT2D eigenvalue weighted by Gasteiger charge is -2.16. The molecule has 0 saturated carbocycles. The number of hydrogen-bond donors (Lipinski definition) is 2. The van der Waals surface area contributed by atoms with Crippen molar-refractivity contribution >= 4 is 17.0 Å². The number of carbonyl (C=O) groups is 1. The maximum atomic E-state index is 11.4. The molecule has 102 valence electrons. The van der Waals surface area contributed by atoms with Gasteiger partial charge in [-0.15, -0.1) is 0 Å². The molecule has 0 aliphatic carbocycles. The average Bonchev–Trinajstić information content (AvgIpc) is 2.71. The first-order valence-electron chi connectivity index (χ1n) is 6.62. The number of nitrogens with zero attached hydrogens (tertiary/aromatic N) is 1. The minimum absolute atomic E-state index is 0.0578. The molecule has 19 heavy (non-hydrogen) atoms. The molecule has 2 rings (SSSR count). The number of aromatic amines is 1. The van der Waals surface area contributed by atoms with E-state index in [9.17, 15) is 9.90 Å². The highest BCUT2D eigenvalue weighted by molar-refractivity contribution is 5.81. The van der Waals surface area contributed by atoms with Crippen LogP contribution in [0.1, 0.15) is 50.9 Å². The summed E-state index contributed by atoms with van der Waals surface area (Å²) in [7, 11) is 0. The van der Waals surface area contributed by atoms with E-state index in [0.29, 0.717) is 5.92 Å². The highest BCUT2D eigenvalue weighted by Crippen LogP contribution is 2.27. The van der Waals surface area contributed by atoms with Crippen LogP contribution in [0.5, 0.6) is 0 Å². The fourth-order valence-corrected chi connectivity index (χ4v) is 2.33. The molecule has 0 amide bonds. The van der Waals surface area contributed by atoms with Gasteiger partial charge < -0.3 is 10.1 Å². The smallest absolute Gasteiger partial charge is 0.311 e. The fourth-order valence-electron chi connectivity index (χ4n) is 2.33. The van der Waals surface area contributed by atoms with Gasteiger partial charge in [-0.05, 0) is 23.6 Å². The van der Waals surface area contributed by atoms with Crippen molar-refractivity contribution in [2.24, 2.45) is 5.92 Å². The number of hydrogen-bond acceptors (Lipinski definition) is 2. The third kappa shape index (κ3) is 2.62. The molecule has 1 aromatic heterocycles. The van der Waals surface area contributed by atoms with E-state index in [1.165, 1.54) is 0 Å². The molecule has 1 heterocycles. The van der Waals surface area contributed by atoms with Gasteiger partial charge in [-0.3, -0.25) is 4.79 Å². The van der Waals surface area contributed by atoms with Gasteiger partial charge in [-0.2, -0.15) is 0 Å². The molecular formula is C15H20N2O2. The van der Waals surface area contributed by atoms with Crippen LogP contribution in [-0.4, -0.2) is 21.0 Å². The van der Waals surface area contributed by atoms with E-state index in [-0.39, 0.29) is 5.92 Å². The molecule has 0 aliphatic rings. The van der Waals surface area contributed by atoms with Gasteiger partial charge in [0.1, 0.15) is 5.82 Å². The summed E-state index contributed by atoms with van der Waals surface area (Å²) >= 11 is 0. The Hall–Kier alpha value is -1.84. The van der Waals surface area contributed by atoms with Gasteiger partial charge in [0.25, 0.3) is 0 Å². The van der Waals surface area contributed by atoms with Gasteiger partial charge in [-0.1, -0.05) is 33.8 Å². The maximum Gasteiger partial charge on any atom is 0.311 e. The van der Waals surface area contributed by atoms with E-state index in [4.69, 9.17) is 0 Å². The van der Waals surface area contributed by atoms with Gasteiger partial charge in [0, 0.05) is 5.92 Å². The number of imidazole rings is 1. The predicted octanol–water partition coefficient (Wildman–Crippen LogP) is 3.51. The Labute approximate surface area is 112 Å². The molecule has 2 N–H and O–H groups in total. The zero-order valence-electron chi connectivity index (χ0n) is 11.8. The van der Waals surface area contributed by atoms with Crippen LogP contribution >= 0.6 is 0 Å². The number of aliphatic carboxylic acids is 1. The molecule has 0 bridgehead atoms. The van der Waals surface area contributed by atoms with Crippen LogP contribution < -0.4 is 0 Å². The molecule has 0 spiro atoms. The Bertz CT molecular complexity index is 599. The molecule has 2 aromatic rings. The monoisotopic (exact) mass is 260 g/mol. The summed E-state index contributed by atoms with van der Waals surface area (Å²) in [5, 5.41) is 9.34. The fraction of sp³-hybridized carbons (Fsp3) is 0.467. The van der Waals surface area contributed by atoms with Crippen molar-refractivity contribution in [1.29, 1.82) is 0 Å². The highest BCUT2D eigenvalue weighted by atomic mass is 16.4. The van der Waals surface area contributed by atoms with Crippen LogP contribution in [0, 0.1) is 5.92 Å². The lowest BCUT2D eigenvalue weighted by atomic mass is 9.88. The Morgan fingerprint density at radius 3 is 2.47 bits per heavy atom. The lowest BCUT2D eigenvalue weighted by Crippen LogP contribution is -2.17. The number of nitrogens with one attached hydrogen (secondary N) is 1. The van der Waals surface area contributed by atoms with Gasteiger partial charge in [0.2, 0.25) is 0 Å². The van der Waals surface area contributed by atoms with Crippen molar-refractivity contribution in [2.45, 2.75) is 39.5 Å². The van der Waals surface area contributed by atoms with Crippen molar-refractivity contribution < 1.29 is 9.90 Å². The SMILES string of the molecule is CC(C)c1nc2ccc(C(C(=O)O)C(C)C)cc2[nH]1. The molecule has 0 fully saturated rings. The molecule has 4 heteroatoms. The Balaban J connectivity index is 2.48. The summed E-state index contributed by atoms with van der Waals surface area (Å²) in [6, 6.07) is 5.67.